The maximum atomic E-state index is 12.1. The van der Waals surface area contributed by atoms with Crippen LogP contribution in [0.3, 0.4) is 0 Å². The van der Waals surface area contributed by atoms with Crippen LogP contribution in [-0.2, 0) is 4.79 Å². The molecule has 0 atom stereocenters. The third kappa shape index (κ3) is 4.66. The number of amides is 3. The summed E-state index contributed by atoms with van der Waals surface area (Å²) in [5.41, 5.74) is 0.387. The van der Waals surface area contributed by atoms with E-state index in [1.165, 1.54) is 18.5 Å². The van der Waals surface area contributed by atoms with E-state index in [4.69, 9.17) is 4.42 Å². The summed E-state index contributed by atoms with van der Waals surface area (Å²) in [7, 11) is 0. The van der Waals surface area contributed by atoms with Crippen LogP contribution in [0.4, 0.5) is 5.82 Å². The Balaban J connectivity index is 1.44. The zero-order valence-electron chi connectivity index (χ0n) is 13.5. The van der Waals surface area contributed by atoms with Gasteiger partial charge in [0, 0.05) is 30.8 Å². The second-order valence-corrected chi connectivity index (χ2v) is 5.68. The lowest BCUT2D eigenvalue weighted by Gasteiger charge is -2.08. The van der Waals surface area contributed by atoms with Gasteiger partial charge < -0.3 is 20.4 Å². The van der Waals surface area contributed by atoms with Gasteiger partial charge in [0.1, 0.15) is 5.82 Å². The Bertz CT molecular complexity index is 769. The largest absolute Gasteiger partial charge is 0.459 e. The molecule has 25 heavy (non-hydrogen) atoms. The molecule has 1 aliphatic rings. The molecule has 0 aliphatic heterocycles. The molecule has 0 radical (unpaired) electrons. The number of hydrogen-bond donors (Lipinski definition) is 3. The standard InChI is InChI=1S/C17H18N4O4/c22-15(19-7-8-20-17(24)13-2-1-9-25-13)12-5-6-18-14(10-12)21-16(23)11-3-4-11/h1-2,5-6,9-11H,3-4,7-8H2,(H,19,22)(H,20,24)(H,18,21,23). The van der Waals surface area contributed by atoms with Gasteiger partial charge in [-0.15, -0.1) is 0 Å². The smallest absolute Gasteiger partial charge is 0.287 e. The number of hydrogen-bond acceptors (Lipinski definition) is 5. The first-order valence-electron chi connectivity index (χ1n) is 8.00. The first-order valence-corrected chi connectivity index (χ1v) is 8.00. The lowest BCUT2D eigenvalue weighted by molar-refractivity contribution is -0.117. The molecule has 2 heterocycles. The number of rotatable bonds is 7. The van der Waals surface area contributed by atoms with Gasteiger partial charge in [0.05, 0.1) is 6.26 Å². The van der Waals surface area contributed by atoms with E-state index in [9.17, 15) is 14.4 Å². The van der Waals surface area contributed by atoms with Gasteiger partial charge >= 0.3 is 0 Å². The molecule has 3 rings (SSSR count). The lowest BCUT2D eigenvalue weighted by atomic mass is 10.2. The minimum absolute atomic E-state index is 0.0642. The molecule has 0 unspecified atom stereocenters. The van der Waals surface area contributed by atoms with Crippen LogP contribution in [0.1, 0.15) is 33.8 Å². The molecule has 8 nitrogen and oxygen atoms in total. The Morgan fingerprint density at radius 2 is 1.88 bits per heavy atom. The summed E-state index contributed by atoms with van der Waals surface area (Å²) in [6.45, 7) is 0.527. The Labute approximate surface area is 144 Å². The monoisotopic (exact) mass is 342 g/mol. The third-order valence-corrected chi connectivity index (χ3v) is 3.66. The fraction of sp³-hybridized carbons (Fsp3) is 0.294. The number of furan rings is 1. The molecule has 0 spiro atoms. The van der Waals surface area contributed by atoms with Crippen molar-refractivity contribution in [3.05, 3.63) is 48.0 Å². The van der Waals surface area contributed by atoms with Gasteiger partial charge in [0.25, 0.3) is 11.8 Å². The molecule has 0 saturated heterocycles. The Kier molecular flexibility index (Phi) is 5.08. The molecular weight excluding hydrogens is 324 g/mol. The fourth-order valence-electron chi connectivity index (χ4n) is 2.16. The van der Waals surface area contributed by atoms with E-state index < -0.39 is 0 Å². The van der Waals surface area contributed by atoms with Gasteiger partial charge in [-0.25, -0.2) is 4.98 Å². The number of nitrogens with zero attached hydrogens (tertiary/aromatic N) is 1. The molecule has 2 aromatic rings. The van der Waals surface area contributed by atoms with Gasteiger partial charge in [0.15, 0.2) is 5.76 Å². The Hall–Kier alpha value is -3.16. The highest BCUT2D eigenvalue weighted by atomic mass is 16.3. The SMILES string of the molecule is O=C(NCCNC(=O)c1ccco1)c1ccnc(NC(=O)C2CC2)c1. The second-order valence-electron chi connectivity index (χ2n) is 5.68. The van der Waals surface area contributed by atoms with Crippen molar-refractivity contribution in [1.29, 1.82) is 0 Å². The summed E-state index contributed by atoms with van der Waals surface area (Å²) in [4.78, 5) is 39.6. The first kappa shape index (κ1) is 16.7. The van der Waals surface area contributed by atoms with Crippen molar-refractivity contribution in [2.75, 3.05) is 18.4 Å². The molecule has 8 heteroatoms. The number of carbonyl (C=O) groups excluding carboxylic acids is 3. The highest BCUT2D eigenvalue weighted by molar-refractivity contribution is 5.97. The van der Waals surface area contributed by atoms with E-state index in [-0.39, 0.29) is 42.5 Å². The van der Waals surface area contributed by atoms with Crippen LogP contribution in [0.15, 0.2) is 41.1 Å². The summed E-state index contributed by atoms with van der Waals surface area (Å²) in [6.07, 6.45) is 4.68. The predicted molar refractivity (Wildman–Crippen MR) is 89.0 cm³/mol. The molecule has 3 amide bonds. The van der Waals surface area contributed by atoms with Crippen molar-refractivity contribution in [3.8, 4) is 0 Å². The molecule has 0 bridgehead atoms. The second kappa shape index (κ2) is 7.61. The van der Waals surface area contributed by atoms with E-state index in [1.807, 2.05) is 0 Å². The average Bonchev–Trinajstić information content (AvgIpc) is 3.33. The molecule has 1 saturated carbocycles. The van der Waals surface area contributed by atoms with Crippen molar-refractivity contribution in [2.24, 2.45) is 5.92 Å². The quantitative estimate of drug-likeness (QED) is 0.654. The fourth-order valence-corrected chi connectivity index (χ4v) is 2.16. The van der Waals surface area contributed by atoms with E-state index in [0.717, 1.165) is 12.8 Å². The van der Waals surface area contributed by atoms with Crippen LogP contribution in [0.5, 0.6) is 0 Å². The lowest BCUT2D eigenvalue weighted by Crippen LogP contribution is -2.34. The summed E-state index contributed by atoms with van der Waals surface area (Å²) in [6, 6.07) is 6.27. The maximum Gasteiger partial charge on any atom is 0.287 e. The van der Waals surface area contributed by atoms with Gasteiger partial charge in [-0.05, 0) is 37.1 Å². The van der Waals surface area contributed by atoms with Crippen LogP contribution in [0, 0.1) is 5.92 Å². The zero-order valence-corrected chi connectivity index (χ0v) is 13.5. The van der Waals surface area contributed by atoms with E-state index in [1.54, 1.807) is 18.2 Å². The van der Waals surface area contributed by atoms with E-state index >= 15 is 0 Å². The summed E-state index contributed by atoms with van der Waals surface area (Å²) < 4.78 is 4.97. The molecule has 3 N–H and O–H groups in total. The Morgan fingerprint density at radius 3 is 2.56 bits per heavy atom. The Morgan fingerprint density at radius 1 is 1.12 bits per heavy atom. The zero-order chi connectivity index (χ0) is 17.6. The first-order chi connectivity index (χ1) is 12.1. The van der Waals surface area contributed by atoms with Crippen LogP contribution in [-0.4, -0.2) is 35.8 Å². The van der Waals surface area contributed by atoms with Crippen molar-refractivity contribution in [3.63, 3.8) is 0 Å². The predicted octanol–water partition coefficient (Wildman–Crippen LogP) is 1.18. The highest BCUT2D eigenvalue weighted by Crippen LogP contribution is 2.29. The molecule has 2 aromatic heterocycles. The van der Waals surface area contributed by atoms with Crippen LogP contribution in [0.25, 0.3) is 0 Å². The van der Waals surface area contributed by atoms with Crippen molar-refractivity contribution in [1.82, 2.24) is 15.6 Å². The van der Waals surface area contributed by atoms with Gasteiger partial charge in [-0.1, -0.05) is 0 Å². The molecule has 1 aliphatic carbocycles. The van der Waals surface area contributed by atoms with Crippen molar-refractivity contribution >= 4 is 23.5 Å². The number of carbonyl (C=O) groups is 3. The highest BCUT2D eigenvalue weighted by Gasteiger charge is 2.29. The third-order valence-electron chi connectivity index (χ3n) is 3.66. The average molecular weight is 342 g/mol. The summed E-state index contributed by atoms with van der Waals surface area (Å²) >= 11 is 0. The van der Waals surface area contributed by atoms with Crippen molar-refractivity contribution in [2.45, 2.75) is 12.8 Å². The topological polar surface area (TPSA) is 113 Å². The van der Waals surface area contributed by atoms with Crippen LogP contribution >= 0.6 is 0 Å². The maximum absolute atomic E-state index is 12.1. The summed E-state index contributed by atoms with van der Waals surface area (Å²) in [5, 5.41) is 8.02. The molecule has 0 aromatic carbocycles. The summed E-state index contributed by atoms with van der Waals surface area (Å²) in [5.74, 6) is -0.0697. The number of anilines is 1. The van der Waals surface area contributed by atoms with Gasteiger partial charge in [-0.2, -0.15) is 0 Å². The van der Waals surface area contributed by atoms with Crippen LogP contribution < -0.4 is 16.0 Å². The normalized spacial score (nSPS) is 13.1. The molecule has 130 valence electrons. The number of nitrogens with one attached hydrogen (secondary N) is 3. The molecular formula is C17H18N4O4. The van der Waals surface area contributed by atoms with Gasteiger partial charge in [0.2, 0.25) is 5.91 Å². The number of pyridine rings is 1. The van der Waals surface area contributed by atoms with E-state index in [0.29, 0.717) is 11.4 Å². The van der Waals surface area contributed by atoms with Crippen LogP contribution in [0.2, 0.25) is 0 Å². The minimum atomic E-state index is -0.340. The van der Waals surface area contributed by atoms with E-state index in [2.05, 4.69) is 20.9 Å². The minimum Gasteiger partial charge on any atom is -0.459 e. The molecule has 1 fully saturated rings. The number of aromatic nitrogens is 1. The van der Waals surface area contributed by atoms with Gasteiger partial charge in [-0.3, -0.25) is 14.4 Å². The van der Waals surface area contributed by atoms with Crippen molar-refractivity contribution < 1.29 is 18.8 Å².